The fourth-order valence-corrected chi connectivity index (χ4v) is 0.905. The Morgan fingerprint density at radius 2 is 2.20 bits per heavy atom. The second kappa shape index (κ2) is 3.75. The van der Waals surface area contributed by atoms with Gasteiger partial charge in [-0.2, -0.15) is 0 Å². The van der Waals surface area contributed by atoms with Gasteiger partial charge in [-0.3, -0.25) is 4.79 Å². The predicted molar refractivity (Wildman–Crippen MR) is 37.3 cm³/mol. The predicted octanol–water partition coefficient (Wildman–Crippen LogP) is -0.784. The van der Waals surface area contributed by atoms with Crippen molar-refractivity contribution in [3.63, 3.8) is 0 Å². The Morgan fingerprint density at radius 3 is 2.40 bits per heavy atom. The summed E-state index contributed by atoms with van der Waals surface area (Å²) in [5, 5.41) is 19.8. The first kappa shape index (κ1) is 9.68. The molecular formula is C5H10ClNO3. The van der Waals surface area contributed by atoms with Crippen molar-refractivity contribution >= 4 is 18.4 Å². The second-order valence-corrected chi connectivity index (χ2v) is 2.19. The van der Waals surface area contributed by atoms with Crippen LogP contribution in [0.1, 0.15) is 6.42 Å². The summed E-state index contributed by atoms with van der Waals surface area (Å²) in [5.41, 5.74) is 0. The summed E-state index contributed by atoms with van der Waals surface area (Å²) < 4.78 is 0. The number of nitrogens with one attached hydrogen (secondary N) is 1. The van der Waals surface area contributed by atoms with E-state index in [1.807, 2.05) is 0 Å². The van der Waals surface area contributed by atoms with E-state index in [4.69, 9.17) is 10.2 Å². The van der Waals surface area contributed by atoms with Gasteiger partial charge in [0.15, 0.2) is 0 Å². The van der Waals surface area contributed by atoms with Crippen LogP contribution in [0, 0.1) is 0 Å². The molecule has 0 aliphatic carbocycles. The number of β-amino-alcohol motifs (C(OH)–C–C–N with tert-alkyl or cyclic N) is 1. The van der Waals surface area contributed by atoms with Crippen LogP contribution in [-0.4, -0.2) is 34.9 Å². The SMILES string of the molecule is Cl.O=C(O)C1CC(O)CN1. The maximum atomic E-state index is 10.2. The normalized spacial score (nSPS) is 31.3. The highest BCUT2D eigenvalue weighted by Gasteiger charge is 2.27. The van der Waals surface area contributed by atoms with Crippen molar-refractivity contribution in [3.8, 4) is 0 Å². The van der Waals surface area contributed by atoms with Crippen molar-refractivity contribution < 1.29 is 15.0 Å². The third-order valence-electron chi connectivity index (χ3n) is 1.41. The Bertz CT molecular complexity index is 130. The van der Waals surface area contributed by atoms with Gasteiger partial charge in [0.2, 0.25) is 0 Å². The number of rotatable bonds is 1. The fourth-order valence-electron chi connectivity index (χ4n) is 0.905. The first-order chi connectivity index (χ1) is 4.20. The first-order valence-electron chi connectivity index (χ1n) is 2.84. The van der Waals surface area contributed by atoms with E-state index in [-0.39, 0.29) is 12.4 Å². The minimum atomic E-state index is -0.883. The Balaban J connectivity index is 0.000000810. The van der Waals surface area contributed by atoms with Crippen LogP contribution in [0.4, 0.5) is 0 Å². The van der Waals surface area contributed by atoms with E-state index in [1.165, 1.54) is 0 Å². The van der Waals surface area contributed by atoms with Gasteiger partial charge in [-0.25, -0.2) is 0 Å². The van der Waals surface area contributed by atoms with Crippen LogP contribution in [0.3, 0.4) is 0 Å². The lowest BCUT2D eigenvalue weighted by atomic mass is 10.2. The molecule has 3 N–H and O–H groups in total. The van der Waals surface area contributed by atoms with Crippen molar-refractivity contribution in [3.05, 3.63) is 0 Å². The summed E-state index contributed by atoms with van der Waals surface area (Å²) in [4.78, 5) is 10.2. The average molecular weight is 168 g/mol. The average Bonchev–Trinajstić information content (AvgIpc) is 2.14. The first-order valence-corrected chi connectivity index (χ1v) is 2.84. The van der Waals surface area contributed by atoms with Crippen molar-refractivity contribution in [1.29, 1.82) is 0 Å². The highest BCUT2D eigenvalue weighted by atomic mass is 35.5. The topological polar surface area (TPSA) is 69.6 Å². The van der Waals surface area contributed by atoms with Crippen LogP contribution in [0.25, 0.3) is 0 Å². The zero-order chi connectivity index (χ0) is 6.85. The Hall–Kier alpha value is -0.320. The van der Waals surface area contributed by atoms with E-state index in [0.29, 0.717) is 13.0 Å². The van der Waals surface area contributed by atoms with Crippen LogP contribution in [0.15, 0.2) is 0 Å². The van der Waals surface area contributed by atoms with E-state index in [1.54, 1.807) is 0 Å². The zero-order valence-electron chi connectivity index (χ0n) is 5.28. The lowest BCUT2D eigenvalue weighted by Crippen LogP contribution is -2.29. The van der Waals surface area contributed by atoms with Crippen molar-refractivity contribution in [2.24, 2.45) is 0 Å². The molecule has 1 rings (SSSR count). The molecule has 0 spiro atoms. The van der Waals surface area contributed by atoms with Gasteiger partial charge < -0.3 is 15.5 Å². The summed E-state index contributed by atoms with van der Waals surface area (Å²) in [6.07, 6.45) is -0.152. The van der Waals surface area contributed by atoms with E-state index in [2.05, 4.69) is 5.32 Å². The van der Waals surface area contributed by atoms with Crippen molar-refractivity contribution in [2.45, 2.75) is 18.6 Å². The summed E-state index contributed by atoms with van der Waals surface area (Å²) in [5.74, 6) is -0.883. The van der Waals surface area contributed by atoms with Crippen LogP contribution in [0.5, 0.6) is 0 Å². The highest BCUT2D eigenvalue weighted by molar-refractivity contribution is 5.85. The van der Waals surface area contributed by atoms with Gasteiger partial charge in [0.25, 0.3) is 0 Å². The third-order valence-corrected chi connectivity index (χ3v) is 1.41. The number of aliphatic hydroxyl groups is 1. The molecule has 1 aliphatic heterocycles. The van der Waals surface area contributed by atoms with E-state index in [9.17, 15) is 4.79 Å². The van der Waals surface area contributed by atoms with Gasteiger partial charge in [-0.05, 0) is 0 Å². The van der Waals surface area contributed by atoms with E-state index < -0.39 is 18.1 Å². The van der Waals surface area contributed by atoms with Crippen LogP contribution in [0.2, 0.25) is 0 Å². The molecule has 2 atom stereocenters. The molecule has 0 radical (unpaired) electrons. The number of carbonyl (C=O) groups is 1. The summed E-state index contributed by atoms with van der Waals surface area (Å²) in [6, 6.07) is -0.542. The molecule has 60 valence electrons. The number of halogens is 1. The number of carboxylic acids is 1. The van der Waals surface area contributed by atoms with Crippen LogP contribution in [-0.2, 0) is 4.79 Å². The molecule has 0 aromatic rings. The van der Waals surface area contributed by atoms with Gasteiger partial charge in [0, 0.05) is 13.0 Å². The molecule has 0 saturated carbocycles. The maximum Gasteiger partial charge on any atom is 0.320 e. The standard InChI is InChI=1S/C5H9NO3.ClH/c7-3-1-4(5(8)9)6-2-3;/h3-4,6-7H,1-2H2,(H,8,9);1H. The summed E-state index contributed by atoms with van der Waals surface area (Å²) >= 11 is 0. The molecule has 10 heavy (non-hydrogen) atoms. The van der Waals surface area contributed by atoms with Gasteiger partial charge in [0.1, 0.15) is 6.04 Å². The van der Waals surface area contributed by atoms with E-state index >= 15 is 0 Å². The number of hydrogen-bond acceptors (Lipinski definition) is 3. The second-order valence-electron chi connectivity index (χ2n) is 2.19. The zero-order valence-corrected chi connectivity index (χ0v) is 6.10. The van der Waals surface area contributed by atoms with Gasteiger partial charge in [-0.1, -0.05) is 0 Å². The lowest BCUT2D eigenvalue weighted by Gasteiger charge is -1.99. The molecule has 1 saturated heterocycles. The Morgan fingerprint density at radius 1 is 1.60 bits per heavy atom. The van der Waals surface area contributed by atoms with Crippen LogP contribution >= 0.6 is 12.4 Å². The summed E-state index contributed by atoms with van der Waals surface area (Å²) in [7, 11) is 0. The third kappa shape index (κ3) is 2.13. The molecule has 5 heteroatoms. The molecule has 4 nitrogen and oxygen atoms in total. The van der Waals surface area contributed by atoms with E-state index in [0.717, 1.165) is 0 Å². The van der Waals surface area contributed by atoms with Crippen LogP contribution < -0.4 is 5.32 Å². The number of aliphatic hydroxyl groups excluding tert-OH is 1. The molecule has 1 aliphatic rings. The number of hydrogen-bond donors (Lipinski definition) is 3. The summed E-state index contributed by atoms with van der Waals surface area (Å²) in [6.45, 7) is 0.400. The molecule has 1 heterocycles. The molecular weight excluding hydrogens is 158 g/mol. The minimum absolute atomic E-state index is 0. The van der Waals surface area contributed by atoms with Crippen molar-refractivity contribution in [1.82, 2.24) is 5.32 Å². The molecule has 0 bridgehead atoms. The van der Waals surface area contributed by atoms with Crippen molar-refractivity contribution in [2.75, 3.05) is 6.54 Å². The molecule has 0 aromatic carbocycles. The van der Waals surface area contributed by atoms with Gasteiger partial charge >= 0.3 is 5.97 Å². The molecule has 1 fully saturated rings. The Labute approximate surface area is 64.6 Å². The van der Waals surface area contributed by atoms with Gasteiger partial charge in [0.05, 0.1) is 6.10 Å². The quantitative estimate of drug-likeness (QED) is 0.479. The fraction of sp³-hybridized carbons (Fsp3) is 0.800. The smallest absolute Gasteiger partial charge is 0.320 e. The lowest BCUT2D eigenvalue weighted by molar-refractivity contribution is -0.139. The Kier molecular flexibility index (Phi) is 3.63. The largest absolute Gasteiger partial charge is 0.480 e. The molecule has 2 unspecified atom stereocenters. The number of carboxylic acid groups (broad SMARTS) is 1. The minimum Gasteiger partial charge on any atom is -0.480 e. The monoisotopic (exact) mass is 167 g/mol. The molecule has 0 aromatic heterocycles. The highest BCUT2D eigenvalue weighted by Crippen LogP contribution is 2.05. The number of aliphatic carboxylic acids is 1. The maximum absolute atomic E-state index is 10.2. The van der Waals surface area contributed by atoms with Gasteiger partial charge in [-0.15, -0.1) is 12.4 Å². The molecule has 0 amide bonds.